The first-order chi connectivity index (χ1) is 14.4. The van der Waals surface area contributed by atoms with Crippen molar-refractivity contribution in [2.45, 2.75) is 64.6 Å². The molecule has 30 heavy (non-hydrogen) atoms. The highest BCUT2D eigenvalue weighted by molar-refractivity contribution is 7.99. The largest absolute Gasteiger partial charge is 0.325 e. The molecule has 0 aliphatic rings. The second-order valence-corrected chi connectivity index (χ2v) is 9.85. The van der Waals surface area contributed by atoms with Crippen molar-refractivity contribution in [2.24, 2.45) is 0 Å². The van der Waals surface area contributed by atoms with E-state index in [0.29, 0.717) is 17.6 Å². The van der Waals surface area contributed by atoms with Crippen molar-refractivity contribution in [3.63, 3.8) is 0 Å². The predicted octanol–water partition coefficient (Wildman–Crippen LogP) is 6.39. The Morgan fingerprint density at radius 3 is 2.47 bits per heavy atom. The van der Waals surface area contributed by atoms with E-state index in [2.05, 4.69) is 78.3 Å². The quantitative estimate of drug-likeness (QED) is 0.390. The molecule has 2 heterocycles. The Balaban J connectivity index is 1.67. The molecule has 0 bridgehead atoms. The molecule has 1 N–H and O–H groups in total. The van der Waals surface area contributed by atoms with Crippen LogP contribution in [-0.4, -0.2) is 26.4 Å². The van der Waals surface area contributed by atoms with Gasteiger partial charge in [0.2, 0.25) is 5.91 Å². The van der Waals surface area contributed by atoms with Crippen molar-refractivity contribution in [2.75, 3.05) is 11.1 Å². The number of hydrogen-bond acceptors (Lipinski definition) is 5. The topological polar surface area (TPSA) is 59.8 Å². The molecular formula is C23H30N4OS2. The number of rotatable bonds is 9. The Hall–Kier alpha value is -2.12. The van der Waals surface area contributed by atoms with Crippen molar-refractivity contribution in [1.29, 1.82) is 0 Å². The van der Waals surface area contributed by atoms with Gasteiger partial charge in [-0.2, -0.15) is 0 Å². The number of carbonyl (C=O) groups excluding carboxylic acids is 1. The van der Waals surface area contributed by atoms with E-state index >= 15 is 0 Å². The molecule has 2 aromatic heterocycles. The number of amides is 1. The lowest BCUT2D eigenvalue weighted by Gasteiger charge is -2.09. The molecule has 0 aliphatic carbocycles. The number of hydrogen-bond donors (Lipinski definition) is 1. The number of nitrogens with zero attached hydrogens (tertiary/aromatic N) is 3. The van der Waals surface area contributed by atoms with Gasteiger partial charge in [-0.05, 0) is 42.0 Å². The predicted molar refractivity (Wildman–Crippen MR) is 128 cm³/mol. The van der Waals surface area contributed by atoms with Gasteiger partial charge in [0.05, 0.1) is 5.75 Å². The lowest BCUT2D eigenvalue weighted by Crippen LogP contribution is -2.14. The second-order valence-electron chi connectivity index (χ2n) is 7.96. The van der Waals surface area contributed by atoms with E-state index in [9.17, 15) is 4.79 Å². The van der Waals surface area contributed by atoms with Gasteiger partial charge >= 0.3 is 0 Å². The third-order valence-electron chi connectivity index (χ3n) is 4.80. The standard InChI is InChI=1S/C23H30N4OS2/c1-6-11-27-22(18-12-20(16(4)5)29-13-18)25-26-23(27)30-14-21(28)24-19-9-7-17(8-10-19)15(2)3/h7-10,12-13,15-16H,6,11,14H2,1-5H3,(H,24,28). The molecule has 160 valence electrons. The number of carbonyl (C=O) groups is 1. The fraction of sp³-hybridized carbons (Fsp3) is 0.435. The molecule has 0 aliphatic heterocycles. The van der Waals surface area contributed by atoms with Crippen LogP contribution in [0.15, 0.2) is 40.9 Å². The first-order valence-corrected chi connectivity index (χ1v) is 12.3. The summed E-state index contributed by atoms with van der Waals surface area (Å²) in [7, 11) is 0. The normalized spacial score (nSPS) is 11.4. The lowest BCUT2D eigenvalue weighted by atomic mass is 10.0. The lowest BCUT2D eigenvalue weighted by molar-refractivity contribution is -0.113. The Bertz CT molecular complexity index is 974. The molecule has 0 saturated heterocycles. The first kappa shape index (κ1) is 22.6. The van der Waals surface area contributed by atoms with Crippen LogP contribution in [0.3, 0.4) is 0 Å². The molecule has 3 rings (SSSR count). The SMILES string of the molecule is CCCn1c(SCC(=O)Nc2ccc(C(C)C)cc2)nnc1-c1csc(C(C)C)c1. The Morgan fingerprint density at radius 2 is 1.87 bits per heavy atom. The van der Waals surface area contributed by atoms with E-state index in [1.165, 1.54) is 22.2 Å². The molecule has 0 unspecified atom stereocenters. The maximum absolute atomic E-state index is 12.4. The van der Waals surface area contributed by atoms with Crippen LogP contribution < -0.4 is 5.32 Å². The smallest absolute Gasteiger partial charge is 0.234 e. The van der Waals surface area contributed by atoms with Crippen LogP contribution in [0.25, 0.3) is 11.4 Å². The van der Waals surface area contributed by atoms with Gasteiger partial charge in [-0.3, -0.25) is 4.79 Å². The number of thioether (sulfide) groups is 1. The van der Waals surface area contributed by atoms with Crippen LogP contribution in [0.5, 0.6) is 0 Å². The molecule has 1 amide bonds. The summed E-state index contributed by atoms with van der Waals surface area (Å²) in [5, 5.41) is 14.7. The van der Waals surface area contributed by atoms with E-state index < -0.39 is 0 Å². The molecule has 0 radical (unpaired) electrons. The van der Waals surface area contributed by atoms with Gasteiger partial charge in [0.25, 0.3) is 0 Å². The maximum Gasteiger partial charge on any atom is 0.234 e. The van der Waals surface area contributed by atoms with E-state index in [4.69, 9.17) is 0 Å². The summed E-state index contributed by atoms with van der Waals surface area (Å²) >= 11 is 3.19. The Morgan fingerprint density at radius 1 is 1.13 bits per heavy atom. The fourth-order valence-electron chi connectivity index (χ4n) is 3.09. The number of anilines is 1. The van der Waals surface area contributed by atoms with Crippen molar-refractivity contribution < 1.29 is 4.79 Å². The minimum Gasteiger partial charge on any atom is -0.325 e. The van der Waals surface area contributed by atoms with Crippen LogP contribution >= 0.6 is 23.1 Å². The molecule has 0 atom stereocenters. The number of benzene rings is 1. The van der Waals surface area contributed by atoms with Crippen molar-refractivity contribution >= 4 is 34.7 Å². The molecule has 0 saturated carbocycles. The highest BCUT2D eigenvalue weighted by Gasteiger charge is 2.17. The molecule has 0 fully saturated rings. The maximum atomic E-state index is 12.4. The summed E-state index contributed by atoms with van der Waals surface area (Å²) in [5.41, 5.74) is 3.18. The van der Waals surface area contributed by atoms with Gasteiger partial charge in [-0.15, -0.1) is 21.5 Å². The van der Waals surface area contributed by atoms with Crippen LogP contribution in [0, 0.1) is 0 Å². The zero-order valence-electron chi connectivity index (χ0n) is 18.3. The molecule has 5 nitrogen and oxygen atoms in total. The van der Waals surface area contributed by atoms with Gasteiger partial charge in [0.1, 0.15) is 0 Å². The van der Waals surface area contributed by atoms with Crippen LogP contribution in [0.2, 0.25) is 0 Å². The van der Waals surface area contributed by atoms with Gasteiger partial charge < -0.3 is 9.88 Å². The summed E-state index contributed by atoms with van der Waals surface area (Å²) in [6.07, 6.45) is 0.980. The minimum absolute atomic E-state index is 0.0393. The first-order valence-electron chi connectivity index (χ1n) is 10.4. The second kappa shape index (κ2) is 10.3. The van der Waals surface area contributed by atoms with E-state index in [1.807, 2.05) is 12.1 Å². The fourth-order valence-corrected chi connectivity index (χ4v) is 4.75. The summed E-state index contributed by atoms with van der Waals surface area (Å²) in [4.78, 5) is 13.8. The van der Waals surface area contributed by atoms with Gasteiger partial charge in [-0.25, -0.2) is 0 Å². The van der Waals surface area contributed by atoms with Crippen molar-refractivity contribution in [1.82, 2.24) is 14.8 Å². The minimum atomic E-state index is -0.0393. The number of aromatic nitrogens is 3. The monoisotopic (exact) mass is 442 g/mol. The zero-order chi connectivity index (χ0) is 21.7. The summed E-state index contributed by atoms with van der Waals surface area (Å²) in [6.45, 7) is 11.7. The average Bonchev–Trinajstić information content (AvgIpc) is 3.34. The molecular weight excluding hydrogens is 412 g/mol. The van der Waals surface area contributed by atoms with Gasteiger partial charge in [0, 0.05) is 28.1 Å². The van der Waals surface area contributed by atoms with Gasteiger partial charge in [0.15, 0.2) is 11.0 Å². The van der Waals surface area contributed by atoms with Gasteiger partial charge in [-0.1, -0.05) is 58.5 Å². The molecule has 0 spiro atoms. The molecule has 3 aromatic rings. The highest BCUT2D eigenvalue weighted by Crippen LogP contribution is 2.31. The van der Waals surface area contributed by atoms with E-state index in [0.717, 1.165) is 35.2 Å². The highest BCUT2D eigenvalue weighted by atomic mass is 32.2. The molecule has 1 aromatic carbocycles. The number of thiophene rings is 1. The van der Waals surface area contributed by atoms with Crippen molar-refractivity contribution in [3.05, 3.63) is 46.2 Å². The Kier molecular flexibility index (Phi) is 7.72. The zero-order valence-corrected chi connectivity index (χ0v) is 19.9. The van der Waals surface area contributed by atoms with Crippen LogP contribution in [0.1, 0.15) is 63.3 Å². The number of nitrogens with one attached hydrogen (secondary N) is 1. The average molecular weight is 443 g/mol. The summed E-state index contributed by atoms with van der Waals surface area (Å²) in [5.74, 6) is 2.12. The van der Waals surface area contributed by atoms with E-state index in [-0.39, 0.29) is 5.91 Å². The van der Waals surface area contributed by atoms with Crippen molar-refractivity contribution in [3.8, 4) is 11.4 Å². The van der Waals surface area contributed by atoms with Crippen LogP contribution in [-0.2, 0) is 11.3 Å². The third-order valence-corrected chi connectivity index (χ3v) is 7.00. The summed E-state index contributed by atoms with van der Waals surface area (Å²) in [6, 6.07) is 10.2. The van der Waals surface area contributed by atoms with E-state index in [1.54, 1.807) is 11.3 Å². The van der Waals surface area contributed by atoms with Crippen LogP contribution in [0.4, 0.5) is 5.69 Å². The Labute approximate surface area is 187 Å². The molecule has 7 heteroatoms. The third kappa shape index (κ3) is 5.52. The summed E-state index contributed by atoms with van der Waals surface area (Å²) < 4.78 is 2.13.